The van der Waals surface area contributed by atoms with Crippen molar-refractivity contribution in [2.45, 2.75) is 38.0 Å². The average molecular weight is 232 g/mol. The number of Topliss-reactive ketones (excluding diaryl/α,β-unsaturated/α-hetero) is 1. The molecule has 0 fully saturated rings. The molecule has 1 amide bonds. The fourth-order valence-corrected chi connectivity index (χ4v) is 1.53. The molecule has 0 radical (unpaired) electrons. The Morgan fingerprint density at radius 3 is 2.33 bits per heavy atom. The van der Waals surface area contributed by atoms with Crippen molar-refractivity contribution >= 4 is 24.3 Å². The van der Waals surface area contributed by atoms with Gasteiger partial charge >= 0.3 is 0 Å². The largest absolute Gasteiger partial charge is 0.370 e. The van der Waals surface area contributed by atoms with E-state index in [-0.39, 0.29) is 29.4 Å². The van der Waals surface area contributed by atoms with E-state index in [0.717, 1.165) is 6.54 Å². The zero-order chi connectivity index (χ0) is 12.0. The van der Waals surface area contributed by atoms with Crippen molar-refractivity contribution in [1.29, 1.82) is 0 Å². The number of likely N-dealkylation sites (N-methyl/N-ethyl adjacent to an activating group) is 1. The third kappa shape index (κ3) is 5.18. The summed E-state index contributed by atoms with van der Waals surface area (Å²) < 4.78 is 0. The lowest BCUT2D eigenvalue weighted by Gasteiger charge is -2.26. The molecular weight excluding hydrogens is 212 g/mol. The van der Waals surface area contributed by atoms with E-state index in [4.69, 9.17) is 5.73 Å². The second-order valence-electron chi connectivity index (χ2n) is 3.67. The van der Waals surface area contributed by atoms with E-state index < -0.39 is 0 Å². The summed E-state index contributed by atoms with van der Waals surface area (Å²) in [6.45, 7) is 4.47. The summed E-state index contributed by atoms with van der Waals surface area (Å²) in [6.07, 6.45) is 0.713. The Morgan fingerprint density at radius 2 is 2.00 bits per heavy atom. The number of nitrogens with zero attached hydrogens (tertiary/aromatic N) is 1. The van der Waals surface area contributed by atoms with Gasteiger partial charge in [0.05, 0.1) is 11.3 Å². The van der Waals surface area contributed by atoms with Gasteiger partial charge < -0.3 is 5.73 Å². The van der Waals surface area contributed by atoms with Crippen LogP contribution in [0.15, 0.2) is 0 Å². The topological polar surface area (TPSA) is 63.4 Å². The van der Waals surface area contributed by atoms with Crippen LogP contribution in [0, 0.1) is 0 Å². The van der Waals surface area contributed by atoms with E-state index in [1.165, 1.54) is 0 Å². The molecule has 1 unspecified atom stereocenters. The van der Waals surface area contributed by atoms with Crippen molar-refractivity contribution in [3.8, 4) is 0 Å². The number of hydrogen-bond donors (Lipinski definition) is 2. The summed E-state index contributed by atoms with van der Waals surface area (Å²) in [7, 11) is 1.86. The van der Waals surface area contributed by atoms with Crippen molar-refractivity contribution in [2.24, 2.45) is 5.73 Å². The van der Waals surface area contributed by atoms with Crippen LogP contribution in [-0.2, 0) is 9.59 Å². The van der Waals surface area contributed by atoms with Crippen LogP contribution in [0.1, 0.15) is 26.7 Å². The molecule has 0 aromatic rings. The number of carbonyl (C=O) groups is 2. The summed E-state index contributed by atoms with van der Waals surface area (Å²) in [5.74, 6) is -0.326. The van der Waals surface area contributed by atoms with E-state index in [0.29, 0.717) is 6.42 Å². The van der Waals surface area contributed by atoms with Gasteiger partial charge in [-0.2, -0.15) is 12.6 Å². The van der Waals surface area contributed by atoms with Gasteiger partial charge in [0, 0.05) is 6.42 Å². The third-order valence-corrected chi connectivity index (χ3v) is 2.69. The van der Waals surface area contributed by atoms with Gasteiger partial charge in [-0.05, 0) is 26.9 Å². The second-order valence-corrected chi connectivity index (χ2v) is 4.45. The lowest BCUT2D eigenvalue weighted by Crippen LogP contribution is -2.42. The average Bonchev–Trinajstić information content (AvgIpc) is 2.16. The Kier molecular flexibility index (Phi) is 6.60. The number of carbonyl (C=O) groups excluding carboxylic acids is 2. The smallest absolute Gasteiger partial charge is 0.217 e. The van der Waals surface area contributed by atoms with Crippen LogP contribution in [-0.4, -0.2) is 41.5 Å². The predicted octanol–water partition coefficient (Wildman–Crippen LogP) is 0.460. The second kappa shape index (κ2) is 6.85. The number of nitrogens with two attached hydrogens (primary N) is 1. The van der Waals surface area contributed by atoms with Crippen molar-refractivity contribution < 1.29 is 9.59 Å². The molecule has 2 N–H and O–H groups in total. The SMILES string of the molecule is CCN(C)[C@@H](CCC(N)=O)C(=O)C(C)S. The Hall–Kier alpha value is -0.550. The minimum atomic E-state index is -0.371. The lowest BCUT2D eigenvalue weighted by atomic mass is 10.0. The van der Waals surface area contributed by atoms with E-state index in [1.807, 2.05) is 18.9 Å². The van der Waals surface area contributed by atoms with Crippen molar-refractivity contribution in [3.63, 3.8) is 0 Å². The number of ketones is 1. The molecule has 15 heavy (non-hydrogen) atoms. The van der Waals surface area contributed by atoms with Crippen LogP contribution in [0.3, 0.4) is 0 Å². The van der Waals surface area contributed by atoms with Gasteiger partial charge in [-0.1, -0.05) is 6.92 Å². The highest BCUT2D eigenvalue weighted by molar-refractivity contribution is 7.81. The highest BCUT2D eigenvalue weighted by atomic mass is 32.1. The first kappa shape index (κ1) is 14.5. The van der Waals surface area contributed by atoms with Crippen molar-refractivity contribution in [2.75, 3.05) is 13.6 Å². The van der Waals surface area contributed by atoms with Crippen LogP contribution in [0.4, 0.5) is 0 Å². The van der Waals surface area contributed by atoms with Crippen LogP contribution in [0.5, 0.6) is 0 Å². The van der Waals surface area contributed by atoms with Crippen LogP contribution in [0.25, 0.3) is 0 Å². The summed E-state index contributed by atoms with van der Waals surface area (Å²) in [6, 6.07) is -0.255. The quantitative estimate of drug-likeness (QED) is 0.627. The standard InChI is InChI=1S/C10H20N2O2S/c1-4-12(3)8(5-6-9(11)13)10(14)7(2)15/h7-8,15H,4-6H2,1-3H3,(H2,11,13)/t7?,8-/m0/s1. The van der Waals surface area contributed by atoms with Gasteiger partial charge in [-0.15, -0.1) is 0 Å². The van der Waals surface area contributed by atoms with E-state index in [9.17, 15) is 9.59 Å². The van der Waals surface area contributed by atoms with E-state index in [1.54, 1.807) is 6.92 Å². The molecule has 0 saturated heterocycles. The maximum atomic E-state index is 11.8. The minimum Gasteiger partial charge on any atom is -0.370 e. The van der Waals surface area contributed by atoms with Gasteiger partial charge in [0.15, 0.2) is 5.78 Å². The highest BCUT2D eigenvalue weighted by Crippen LogP contribution is 2.11. The molecular formula is C10H20N2O2S. The molecule has 0 aliphatic heterocycles. The van der Waals surface area contributed by atoms with Gasteiger partial charge in [0.1, 0.15) is 0 Å². The monoisotopic (exact) mass is 232 g/mol. The Morgan fingerprint density at radius 1 is 1.47 bits per heavy atom. The number of amides is 1. The molecule has 4 nitrogen and oxygen atoms in total. The number of hydrogen-bond acceptors (Lipinski definition) is 4. The Balaban J connectivity index is 4.44. The highest BCUT2D eigenvalue weighted by Gasteiger charge is 2.24. The van der Waals surface area contributed by atoms with Crippen LogP contribution in [0.2, 0.25) is 0 Å². The fourth-order valence-electron chi connectivity index (χ4n) is 1.36. The molecule has 5 heteroatoms. The lowest BCUT2D eigenvalue weighted by molar-refractivity contribution is -0.123. The molecule has 0 bridgehead atoms. The normalized spacial score (nSPS) is 15.0. The summed E-state index contributed by atoms with van der Waals surface area (Å²) in [5.41, 5.74) is 5.07. The molecule has 0 aliphatic carbocycles. The van der Waals surface area contributed by atoms with E-state index in [2.05, 4.69) is 12.6 Å². The van der Waals surface area contributed by atoms with Crippen LogP contribution < -0.4 is 5.73 Å². The van der Waals surface area contributed by atoms with E-state index >= 15 is 0 Å². The van der Waals surface area contributed by atoms with Gasteiger partial charge in [0.25, 0.3) is 0 Å². The molecule has 0 rings (SSSR count). The third-order valence-electron chi connectivity index (χ3n) is 2.44. The molecule has 88 valence electrons. The predicted molar refractivity (Wildman–Crippen MR) is 64.0 cm³/mol. The maximum absolute atomic E-state index is 11.8. The number of primary amides is 1. The zero-order valence-electron chi connectivity index (χ0n) is 9.56. The molecule has 0 aromatic heterocycles. The molecule has 0 heterocycles. The van der Waals surface area contributed by atoms with Crippen molar-refractivity contribution in [1.82, 2.24) is 4.90 Å². The molecule has 0 saturated carbocycles. The first-order chi connectivity index (χ1) is 6.90. The van der Waals surface area contributed by atoms with Crippen LogP contribution >= 0.6 is 12.6 Å². The van der Waals surface area contributed by atoms with Gasteiger partial charge in [-0.3, -0.25) is 14.5 Å². The molecule has 0 aliphatic rings. The summed E-state index contributed by atoms with van der Waals surface area (Å²) in [5, 5.41) is -0.308. The summed E-state index contributed by atoms with van der Waals surface area (Å²) >= 11 is 4.12. The molecule has 0 aromatic carbocycles. The Labute approximate surface area is 96.6 Å². The van der Waals surface area contributed by atoms with Gasteiger partial charge in [0.2, 0.25) is 5.91 Å². The minimum absolute atomic E-state index is 0.0453. The maximum Gasteiger partial charge on any atom is 0.217 e. The first-order valence-electron chi connectivity index (χ1n) is 5.10. The fraction of sp³-hybridized carbons (Fsp3) is 0.800. The first-order valence-corrected chi connectivity index (χ1v) is 5.62. The number of rotatable bonds is 7. The molecule has 2 atom stereocenters. The summed E-state index contributed by atoms with van der Waals surface area (Å²) in [4.78, 5) is 24.4. The van der Waals surface area contributed by atoms with Gasteiger partial charge in [-0.25, -0.2) is 0 Å². The Bertz CT molecular complexity index is 231. The number of thiol groups is 1. The van der Waals surface area contributed by atoms with Crippen molar-refractivity contribution in [3.05, 3.63) is 0 Å². The molecule has 0 spiro atoms. The zero-order valence-corrected chi connectivity index (χ0v) is 10.5.